The molecule has 0 saturated carbocycles. The van der Waals surface area contributed by atoms with Gasteiger partial charge in [0, 0.05) is 31.9 Å². The second kappa shape index (κ2) is 7.77. The Bertz CT molecular complexity index is 845. The number of methoxy groups -OCH3 is 1. The smallest absolute Gasteiger partial charge is 0.289 e. The third-order valence-corrected chi connectivity index (χ3v) is 4.31. The minimum atomic E-state index is -1.10. The molecule has 1 amide bonds. The van der Waals surface area contributed by atoms with Crippen LogP contribution in [-0.2, 0) is 0 Å². The zero-order chi connectivity index (χ0) is 19.4. The average molecular weight is 368 g/mol. The van der Waals surface area contributed by atoms with Crippen molar-refractivity contribution in [3.8, 4) is 17.6 Å². The molecule has 0 spiro atoms. The van der Waals surface area contributed by atoms with E-state index in [1.165, 1.54) is 0 Å². The van der Waals surface area contributed by atoms with Crippen LogP contribution in [0.15, 0.2) is 40.8 Å². The van der Waals surface area contributed by atoms with Crippen LogP contribution >= 0.6 is 0 Å². The molecule has 1 saturated heterocycles. The highest BCUT2D eigenvalue weighted by Crippen LogP contribution is 2.21. The number of hydrogen-bond acceptors (Lipinski definition) is 5. The Morgan fingerprint density at radius 1 is 1.11 bits per heavy atom. The molecular weight excluding hydrogens is 344 g/mol. The third-order valence-electron chi connectivity index (χ3n) is 4.31. The normalized spacial score (nSPS) is 14.5. The molecule has 6 nitrogen and oxygen atoms in total. The minimum absolute atomic E-state index is 0.138. The molecule has 0 radical (unpaired) electrons. The Morgan fingerprint density at radius 3 is 2.37 bits per heavy atom. The van der Waals surface area contributed by atoms with Crippen molar-refractivity contribution in [3.63, 3.8) is 0 Å². The van der Waals surface area contributed by atoms with Gasteiger partial charge in [-0.15, -0.1) is 0 Å². The Labute approximate surface area is 159 Å². The molecule has 1 fully saturated rings. The van der Waals surface area contributed by atoms with Gasteiger partial charge in [-0.2, -0.15) is 0 Å². The summed E-state index contributed by atoms with van der Waals surface area (Å²) >= 11 is 0. The van der Waals surface area contributed by atoms with E-state index in [0.29, 0.717) is 18.8 Å². The number of anilines is 1. The molecule has 0 atom stereocenters. The van der Waals surface area contributed by atoms with E-state index in [1.54, 1.807) is 38.0 Å². The number of carbonyl (C=O) groups is 1. The standard InChI is InChI=1S/C21H24N2O4/c1-21(2,25)11-10-18-8-9-19(27-18)20(24)23-14-12-22(13-15-23)16-4-6-17(26-3)7-5-16/h4-9,25H,12-15H2,1-3H3. The van der Waals surface area contributed by atoms with Crippen LogP contribution in [0, 0.1) is 11.8 Å². The van der Waals surface area contributed by atoms with E-state index in [0.717, 1.165) is 24.5 Å². The van der Waals surface area contributed by atoms with Crippen molar-refractivity contribution in [1.29, 1.82) is 0 Å². The van der Waals surface area contributed by atoms with Crippen LogP contribution < -0.4 is 9.64 Å². The molecule has 1 aliphatic rings. The molecule has 142 valence electrons. The lowest BCUT2D eigenvalue weighted by Gasteiger charge is -2.35. The predicted molar refractivity (Wildman–Crippen MR) is 103 cm³/mol. The lowest BCUT2D eigenvalue weighted by Crippen LogP contribution is -2.48. The second-order valence-electron chi connectivity index (χ2n) is 6.95. The molecule has 2 aromatic rings. The fourth-order valence-electron chi connectivity index (χ4n) is 2.85. The van der Waals surface area contributed by atoms with Gasteiger partial charge in [-0.3, -0.25) is 4.79 Å². The SMILES string of the molecule is COc1ccc(N2CCN(C(=O)c3ccc(C#CC(C)(C)O)o3)CC2)cc1. The van der Waals surface area contributed by atoms with Crippen LogP contribution in [0.3, 0.4) is 0 Å². The van der Waals surface area contributed by atoms with Crippen molar-refractivity contribution < 1.29 is 19.1 Å². The number of furan rings is 1. The fourth-order valence-corrected chi connectivity index (χ4v) is 2.85. The van der Waals surface area contributed by atoms with Crippen molar-refractivity contribution in [2.75, 3.05) is 38.2 Å². The molecule has 0 aliphatic carbocycles. The van der Waals surface area contributed by atoms with Gasteiger partial charge in [-0.1, -0.05) is 5.92 Å². The first kappa shape index (κ1) is 18.9. The van der Waals surface area contributed by atoms with Gasteiger partial charge < -0.3 is 24.1 Å². The van der Waals surface area contributed by atoms with Crippen molar-refractivity contribution in [2.45, 2.75) is 19.4 Å². The number of amides is 1. The molecule has 27 heavy (non-hydrogen) atoms. The summed E-state index contributed by atoms with van der Waals surface area (Å²) in [5.74, 6) is 6.75. The van der Waals surface area contributed by atoms with Crippen LogP contribution in [-0.4, -0.2) is 54.8 Å². The molecule has 1 aromatic heterocycles. The Hall–Kier alpha value is -2.91. The predicted octanol–water partition coefficient (Wildman–Crippen LogP) is 2.37. The fraction of sp³-hybridized carbons (Fsp3) is 0.381. The molecule has 0 bridgehead atoms. The summed E-state index contributed by atoms with van der Waals surface area (Å²) in [5, 5.41) is 9.64. The quantitative estimate of drug-likeness (QED) is 0.843. The summed E-state index contributed by atoms with van der Waals surface area (Å²) in [4.78, 5) is 16.7. The van der Waals surface area contributed by atoms with Gasteiger partial charge in [0.1, 0.15) is 11.4 Å². The van der Waals surface area contributed by atoms with Gasteiger partial charge in [0.15, 0.2) is 11.5 Å². The van der Waals surface area contributed by atoms with E-state index in [1.807, 2.05) is 24.3 Å². The van der Waals surface area contributed by atoms with Gasteiger partial charge in [0.2, 0.25) is 0 Å². The second-order valence-corrected chi connectivity index (χ2v) is 6.95. The Kier molecular flexibility index (Phi) is 5.43. The van der Waals surface area contributed by atoms with Gasteiger partial charge in [0.25, 0.3) is 5.91 Å². The van der Waals surface area contributed by atoms with Gasteiger partial charge in [-0.05, 0) is 56.2 Å². The lowest BCUT2D eigenvalue weighted by molar-refractivity contribution is 0.0714. The van der Waals surface area contributed by atoms with E-state index < -0.39 is 5.60 Å². The number of rotatable bonds is 3. The zero-order valence-electron chi connectivity index (χ0n) is 15.9. The third kappa shape index (κ3) is 4.83. The van der Waals surface area contributed by atoms with E-state index in [4.69, 9.17) is 9.15 Å². The summed E-state index contributed by atoms with van der Waals surface area (Å²) in [7, 11) is 1.65. The van der Waals surface area contributed by atoms with Crippen molar-refractivity contribution in [2.24, 2.45) is 0 Å². The van der Waals surface area contributed by atoms with E-state index >= 15 is 0 Å². The number of nitrogens with zero attached hydrogens (tertiary/aromatic N) is 2. The summed E-state index contributed by atoms with van der Waals surface area (Å²) in [6.45, 7) is 5.94. The molecule has 1 aromatic carbocycles. The maximum absolute atomic E-state index is 12.6. The largest absolute Gasteiger partial charge is 0.497 e. The maximum atomic E-state index is 12.6. The zero-order valence-corrected chi connectivity index (χ0v) is 15.9. The van der Waals surface area contributed by atoms with E-state index in [2.05, 4.69) is 16.7 Å². The Balaban J connectivity index is 1.59. The summed E-state index contributed by atoms with van der Waals surface area (Å²) < 4.78 is 10.7. The average Bonchev–Trinajstić information content (AvgIpc) is 3.15. The Morgan fingerprint density at radius 2 is 1.78 bits per heavy atom. The highest BCUT2D eigenvalue weighted by atomic mass is 16.5. The summed E-state index contributed by atoms with van der Waals surface area (Å²) in [6.07, 6.45) is 0. The van der Waals surface area contributed by atoms with Gasteiger partial charge >= 0.3 is 0 Å². The van der Waals surface area contributed by atoms with Gasteiger partial charge in [-0.25, -0.2) is 0 Å². The minimum Gasteiger partial charge on any atom is -0.497 e. The number of piperazine rings is 1. The highest BCUT2D eigenvalue weighted by Gasteiger charge is 2.24. The summed E-state index contributed by atoms with van der Waals surface area (Å²) in [6, 6.07) is 11.2. The molecule has 1 aliphatic heterocycles. The molecule has 2 heterocycles. The topological polar surface area (TPSA) is 66.2 Å². The van der Waals surface area contributed by atoms with Crippen molar-refractivity contribution in [3.05, 3.63) is 47.9 Å². The molecule has 3 rings (SSSR count). The first-order valence-corrected chi connectivity index (χ1v) is 8.89. The van der Waals surface area contributed by atoms with Crippen LogP contribution in [0.25, 0.3) is 0 Å². The lowest BCUT2D eigenvalue weighted by atomic mass is 10.1. The first-order valence-electron chi connectivity index (χ1n) is 8.89. The number of aliphatic hydroxyl groups is 1. The van der Waals surface area contributed by atoms with E-state index in [-0.39, 0.29) is 11.7 Å². The number of ether oxygens (including phenoxy) is 1. The molecular formula is C21H24N2O4. The van der Waals surface area contributed by atoms with Crippen LogP contribution in [0.2, 0.25) is 0 Å². The number of carbonyl (C=O) groups excluding carboxylic acids is 1. The molecule has 0 unspecified atom stereocenters. The van der Waals surface area contributed by atoms with E-state index in [9.17, 15) is 9.90 Å². The van der Waals surface area contributed by atoms with Crippen LogP contribution in [0.5, 0.6) is 5.75 Å². The van der Waals surface area contributed by atoms with Crippen molar-refractivity contribution >= 4 is 11.6 Å². The summed E-state index contributed by atoms with van der Waals surface area (Å²) in [5.41, 5.74) is 0.0134. The van der Waals surface area contributed by atoms with Crippen LogP contribution in [0.1, 0.15) is 30.2 Å². The highest BCUT2D eigenvalue weighted by molar-refractivity contribution is 5.91. The monoisotopic (exact) mass is 368 g/mol. The van der Waals surface area contributed by atoms with Gasteiger partial charge in [0.05, 0.1) is 7.11 Å². The molecule has 1 N–H and O–H groups in total. The van der Waals surface area contributed by atoms with Crippen molar-refractivity contribution in [1.82, 2.24) is 4.90 Å². The number of hydrogen-bond donors (Lipinski definition) is 1. The van der Waals surface area contributed by atoms with Crippen LogP contribution in [0.4, 0.5) is 5.69 Å². The first-order chi connectivity index (χ1) is 12.9. The number of benzene rings is 1. The maximum Gasteiger partial charge on any atom is 0.289 e. The molecule has 6 heteroatoms.